The van der Waals surface area contributed by atoms with Crippen LogP contribution in [0.5, 0.6) is 0 Å². The normalized spacial score (nSPS) is 16.2. The number of anilines is 1. The third-order valence-electron chi connectivity index (χ3n) is 5.09. The van der Waals surface area contributed by atoms with E-state index < -0.39 is 0 Å². The number of likely N-dealkylation sites (tertiary alicyclic amines) is 1. The van der Waals surface area contributed by atoms with E-state index in [1.54, 1.807) is 18.3 Å². The number of piperidine rings is 1. The first-order valence-corrected chi connectivity index (χ1v) is 11.8. The van der Waals surface area contributed by atoms with Crippen LogP contribution in [0.1, 0.15) is 26.2 Å². The standard InChI is InChI=1S/C19H24BrCl2N5OS/c1-12-2-6-26(7-3-12)18(28)16(4-8-27-9-5-24-19(27)20)25-29-13-10-14(21)17(23)15(22)11-13/h5,9-12,16,25H,2-4,6-8,23H2,1H3. The molecule has 6 nitrogen and oxygen atoms in total. The molecule has 10 heteroatoms. The van der Waals surface area contributed by atoms with Crippen LogP contribution in [0.4, 0.5) is 5.69 Å². The van der Waals surface area contributed by atoms with Crippen molar-refractivity contribution in [1.82, 2.24) is 19.2 Å². The van der Waals surface area contributed by atoms with Crippen molar-refractivity contribution in [3.05, 3.63) is 39.3 Å². The minimum Gasteiger partial charge on any atom is -0.396 e. The molecule has 0 spiro atoms. The zero-order valence-corrected chi connectivity index (χ0v) is 20.0. The van der Waals surface area contributed by atoms with Gasteiger partial charge in [-0.05, 0) is 65.2 Å². The first kappa shape index (κ1) is 22.7. The van der Waals surface area contributed by atoms with Gasteiger partial charge in [0.1, 0.15) is 0 Å². The molecule has 2 aromatic rings. The number of nitrogens with zero attached hydrogens (tertiary/aromatic N) is 3. The Balaban J connectivity index is 1.69. The minimum absolute atomic E-state index is 0.119. The van der Waals surface area contributed by atoms with Gasteiger partial charge in [-0.15, -0.1) is 0 Å². The number of benzene rings is 1. The first-order chi connectivity index (χ1) is 13.8. The number of halogens is 3. The van der Waals surface area contributed by atoms with Crippen LogP contribution in [0, 0.1) is 5.92 Å². The van der Waals surface area contributed by atoms with Gasteiger partial charge in [-0.3, -0.25) is 4.79 Å². The van der Waals surface area contributed by atoms with Gasteiger partial charge in [0, 0.05) is 36.9 Å². The molecule has 29 heavy (non-hydrogen) atoms. The van der Waals surface area contributed by atoms with Crippen LogP contribution in [0.2, 0.25) is 10.0 Å². The van der Waals surface area contributed by atoms with Crippen molar-refractivity contribution in [3.8, 4) is 0 Å². The fraction of sp³-hybridized carbons (Fsp3) is 0.474. The number of nitrogens with one attached hydrogen (secondary N) is 1. The van der Waals surface area contributed by atoms with Crippen molar-refractivity contribution in [3.63, 3.8) is 0 Å². The van der Waals surface area contributed by atoms with E-state index in [9.17, 15) is 4.79 Å². The lowest BCUT2D eigenvalue weighted by molar-refractivity contribution is -0.134. The average Bonchev–Trinajstić information content (AvgIpc) is 3.11. The number of aromatic nitrogens is 2. The van der Waals surface area contributed by atoms with Gasteiger partial charge >= 0.3 is 0 Å². The summed E-state index contributed by atoms with van der Waals surface area (Å²) in [7, 11) is 0. The highest BCUT2D eigenvalue weighted by atomic mass is 79.9. The number of nitrogen functional groups attached to an aromatic ring is 1. The molecule has 1 aliphatic heterocycles. The zero-order valence-electron chi connectivity index (χ0n) is 16.1. The van der Waals surface area contributed by atoms with Crippen molar-refractivity contribution in [2.45, 2.75) is 43.7 Å². The maximum Gasteiger partial charge on any atom is 0.240 e. The lowest BCUT2D eigenvalue weighted by Crippen LogP contribution is -2.47. The molecule has 1 aliphatic rings. The molecule has 0 bridgehead atoms. The predicted molar refractivity (Wildman–Crippen MR) is 123 cm³/mol. The summed E-state index contributed by atoms with van der Waals surface area (Å²) in [5, 5.41) is 0.800. The molecule has 1 unspecified atom stereocenters. The fourth-order valence-corrected chi connectivity index (χ4v) is 5.07. The second-order valence-corrected chi connectivity index (χ2v) is 9.69. The Morgan fingerprint density at radius 2 is 2.03 bits per heavy atom. The largest absolute Gasteiger partial charge is 0.396 e. The van der Waals surface area contributed by atoms with Crippen LogP contribution in [-0.2, 0) is 11.3 Å². The van der Waals surface area contributed by atoms with E-state index in [4.69, 9.17) is 28.9 Å². The summed E-state index contributed by atoms with van der Waals surface area (Å²) in [6, 6.07) is 3.14. The van der Waals surface area contributed by atoms with Gasteiger partial charge in [-0.2, -0.15) is 0 Å². The van der Waals surface area contributed by atoms with Crippen LogP contribution in [0.3, 0.4) is 0 Å². The van der Waals surface area contributed by atoms with Gasteiger partial charge in [0.15, 0.2) is 4.73 Å². The number of aryl methyl sites for hydroxylation is 1. The molecule has 1 aromatic carbocycles. The molecule has 1 aromatic heterocycles. The molecule has 1 fully saturated rings. The minimum atomic E-state index is -0.349. The second-order valence-electron chi connectivity index (χ2n) is 7.26. The Morgan fingerprint density at radius 3 is 2.62 bits per heavy atom. The Labute approximate surface area is 193 Å². The number of imidazole rings is 1. The molecular weight excluding hydrogens is 497 g/mol. The summed E-state index contributed by atoms with van der Waals surface area (Å²) in [6.45, 7) is 4.50. The lowest BCUT2D eigenvalue weighted by atomic mass is 9.98. The highest BCUT2D eigenvalue weighted by Gasteiger charge is 2.27. The smallest absolute Gasteiger partial charge is 0.240 e. The van der Waals surface area contributed by atoms with Crippen molar-refractivity contribution >= 4 is 62.7 Å². The van der Waals surface area contributed by atoms with Crippen LogP contribution < -0.4 is 10.5 Å². The molecule has 0 radical (unpaired) electrons. The van der Waals surface area contributed by atoms with Gasteiger partial charge in [-0.1, -0.05) is 30.1 Å². The van der Waals surface area contributed by atoms with Crippen LogP contribution in [-0.4, -0.2) is 39.5 Å². The summed E-state index contributed by atoms with van der Waals surface area (Å²) in [5.74, 6) is 0.786. The zero-order chi connectivity index (χ0) is 21.0. The van der Waals surface area contributed by atoms with E-state index in [0.717, 1.165) is 35.6 Å². The van der Waals surface area contributed by atoms with Gasteiger partial charge in [0.05, 0.1) is 21.8 Å². The van der Waals surface area contributed by atoms with Crippen molar-refractivity contribution in [2.24, 2.45) is 5.92 Å². The van der Waals surface area contributed by atoms with Gasteiger partial charge in [0.25, 0.3) is 0 Å². The third-order valence-corrected chi connectivity index (χ3v) is 7.25. The van der Waals surface area contributed by atoms with Gasteiger partial charge in [-0.25, -0.2) is 9.71 Å². The number of nitrogens with two attached hydrogens (primary N) is 1. The van der Waals surface area contributed by atoms with Crippen molar-refractivity contribution in [2.75, 3.05) is 18.8 Å². The molecule has 1 amide bonds. The molecule has 2 heterocycles. The van der Waals surface area contributed by atoms with E-state index >= 15 is 0 Å². The van der Waals surface area contributed by atoms with E-state index in [0.29, 0.717) is 34.6 Å². The summed E-state index contributed by atoms with van der Waals surface area (Å²) < 4.78 is 6.04. The van der Waals surface area contributed by atoms with Gasteiger partial charge in [0.2, 0.25) is 5.91 Å². The molecule has 0 saturated carbocycles. The molecule has 158 valence electrons. The maximum absolute atomic E-state index is 13.2. The summed E-state index contributed by atoms with van der Waals surface area (Å²) >= 11 is 17.0. The van der Waals surface area contributed by atoms with Gasteiger partial charge < -0.3 is 15.2 Å². The van der Waals surface area contributed by atoms with E-state index in [-0.39, 0.29) is 11.9 Å². The SMILES string of the molecule is CC1CCN(C(=O)C(CCn2ccnc2Br)NSc2cc(Cl)c(N)c(Cl)c2)CC1. The van der Waals surface area contributed by atoms with Crippen molar-refractivity contribution in [1.29, 1.82) is 0 Å². The number of hydrogen-bond acceptors (Lipinski definition) is 5. The molecule has 0 aliphatic carbocycles. The summed E-state index contributed by atoms with van der Waals surface area (Å²) in [4.78, 5) is 20.1. The number of rotatable bonds is 7. The monoisotopic (exact) mass is 519 g/mol. The molecular formula is C19H24BrCl2N5OS. The predicted octanol–water partition coefficient (Wildman–Crippen LogP) is 4.85. The highest BCUT2D eigenvalue weighted by Crippen LogP contribution is 2.32. The number of hydrogen-bond donors (Lipinski definition) is 2. The summed E-state index contributed by atoms with van der Waals surface area (Å²) in [6.07, 6.45) is 6.33. The Kier molecular flexibility index (Phi) is 8.15. The molecule has 3 N–H and O–H groups in total. The van der Waals surface area contributed by atoms with E-state index in [2.05, 4.69) is 32.6 Å². The maximum atomic E-state index is 13.2. The summed E-state index contributed by atoms with van der Waals surface area (Å²) in [5.41, 5.74) is 6.17. The molecule has 3 rings (SSSR count). The topological polar surface area (TPSA) is 76.2 Å². The average molecular weight is 521 g/mol. The quantitative estimate of drug-likeness (QED) is 0.403. The Bertz CT molecular complexity index is 834. The first-order valence-electron chi connectivity index (χ1n) is 9.47. The van der Waals surface area contributed by atoms with Crippen LogP contribution in [0.25, 0.3) is 0 Å². The highest BCUT2D eigenvalue weighted by molar-refractivity contribution is 9.10. The second kappa shape index (κ2) is 10.4. The lowest BCUT2D eigenvalue weighted by Gasteiger charge is -2.33. The van der Waals surface area contributed by atoms with E-state index in [1.807, 2.05) is 15.7 Å². The third kappa shape index (κ3) is 6.04. The number of carbonyl (C=O) groups excluding carboxylic acids is 1. The molecule has 1 saturated heterocycles. The van der Waals surface area contributed by atoms with Crippen molar-refractivity contribution < 1.29 is 4.79 Å². The number of amides is 1. The Hall–Kier alpha value is -0.930. The molecule has 1 atom stereocenters. The van der Waals surface area contributed by atoms with E-state index in [1.165, 1.54) is 11.9 Å². The van der Waals surface area contributed by atoms with Crippen LogP contribution in [0.15, 0.2) is 34.2 Å². The Morgan fingerprint density at radius 1 is 1.38 bits per heavy atom. The number of carbonyl (C=O) groups is 1. The fourth-order valence-electron chi connectivity index (χ4n) is 3.19. The van der Waals surface area contributed by atoms with Crippen LogP contribution >= 0.6 is 51.1 Å².